The first-order valence-corrected chi connectivity index (χ1v) is 7.78. The van der Waals surface area contributed by atoms with E-state index in [9.17, 15) is 0 Å². The molecule has 0 rings (SSSR count). The molecule has 0 fully saturated rings. The molecule has 0 amide bonds. The summed E-state index contributed by atoms with van der Waals surface area (Å²) in [5.74, 6) is 0. The summed E-state index contributed by atoms with van der Waals surface area (Å²) >= 11 is 5.77. The van der Waals surface area contributed by atoms with Crippen LogP contribution in [0.1, 0.15) is 6.92 Å². The van der Waals surface area contributed by atoms with Gasteiger partial charge in [0, 0.05) is 20.3 Å². The van der Waals surface area contributed by atoms with E-state index < -0.39 is 6.34 Å². The summed E-state index contributed by atoms with van der Waals surface area (Å²) in [6, 6.07) is 0. The van der Waals surface area contributed by atoms with Gasteiger partial charge in [0.2, 0.25) is 0 Å². The second kappa shape index (κ2) is 6.50. The maximum Gasteiger partial charge on any atom is 0.101 e. The Kier molecular flexibility index (Phi) is 6.41. The van der Waals surface area contributed by atoms with Gasteiger partial charge in [0.05, 0.1) is 0 Å². The average molecular weight is 262 g/mol. The van der Waals surface area contributed by atoms with Crippen LogP contribution < -0.4 is 0 Å². The van der Waals surface area contributed by atoms with Crippen molar-refractivity contribution in [3.05, 3.63) is 11.4 Å². The van der Waals surface area contributed by atoms with Crippen molar-refractivity contribution in [2.45, 2.75) is 6.92 Å². The Morgan fingerprint density at radius 2 is 1.50 bits per heavy atom. The zero-order valence-electron chi connectivity index (χ0n) is 11.3. The van der Waals surface area contributed by atoms with Crippen molar-refractivity contribution in [3.63, 3.8) is 0 Å². The fraction of sp³-hybridized carbons (Fsp3) is 0.700. The van der Waals surface area contributed by atoms with Crippen LogP contribution in [0.3, 0.4) is 0 Å². The number of hydrogen-bond acceptors (Lipinski definition) is 3. The number of hydrogen-bond donors (Lipinski definition) is 0. The molecule has 16 heavy (non-hydrogen) atoms. The lowest BCUT2D eigenvalue weighted by atomic mass is 10.6. The van der Waals surface area contributed by atoms with Crippen LogP contribution in [0.15, 0.2) is 16.5 Å². The van der Waals surface area contributed by atoms with Gasteiger partial charge < -0.3 is 5.01 Å². The number of allylic oxidation sites excluding steroid dienone is 2. The summed E-state index contributed by atoms with van der Waals surface area (Å²) < 4.78 is 4.25. The summed E-state index contributed by atoms with van der Waals surface area (Å²) in [5, 5.41) is 7.11. The van der Waals surface area contributed by atoms with E-state index in [0.29, 0.717) is 0 Å². The topological polar surface area (TPSA) is 22.1 Å². The molecule has 0 aromatic carbocycles. The molecule has 0 bridgehead atoms. The molecule has 0 heterocycles. The van der Waals surface area contributed by atoms with E-state index >= 15 is 0 Å². The van der Waals surface area contributed by atoms with Gasteiger partial charge in [-0.2, -0.15) is 5.10 Å². The SMILES string of the molecule is C/C(=C\C=N\N(C)C)P(=S)(N(C)C)N(C)C. The molecule has 0 aliphatic rings. The molecule has 0 atom stereocenters. The predicted molar refractivity (Wildman–Crippen MR) is 77.6 cm³/mol. The zero-order valence-corrected chi connectivity index (χ0v) is 13.0. The van der Waals surface area contributed by atoms with Gasteiger partial charge in [-0.1, -0.05) is 11.8 Å². The van der Waals surface area contributed by atoms with E-state index in [1.54, 1.807) is 11.2 Å². The molecule has 0 saturated heterocycles. The van der Waals surface area contributed by atoms with Crippen molar-refractivity contribution < 1.29 is 0 Å². The summed E-state index contributed by atoms with van der Waals surface area (Å²) in [4.78, 5) is 0. The van der Waals surface area contributed by atoms with Crippen LogP contribution in [0.2, 0.25) is 0 Å². The summed E-state index contributed by atoms with van der Waals surface area (Å²) in [6.45, 7) is 2.07. The molecule has 94 valence electrons. The van der Waals surface area contributed by atoms with E-state index in [-0.39, 0.29) is 0 Å². The molecule has 0 N–H and O–H groups in total. The molecule has 0 saturated carbocycles. The Hall–Kier alpha value is -0.220. The minimum Gasteiger partial charge on any atom is -0.303 e. The maximum absolute atomic E-state index is 5.77. The molecule has 0 aromatic heterocycles. The fourth-order valence-electron chi connectivity index (χ4n) is 1.36. The largest absolute Gasteiger partial charge is 0.303 e. The number of rotatable bonds is 5. The standard InChI is InChI=1S/C10H23N4PS/c1-10(8-9-11-12(2)3)15(16,13(4)5)14(6)7/h8-9H,1-7H3/b10-8+,11-9+. The monoisotopic (exact) mass is 262 g/mol. The van der Waals surface area contributed by atoms with Gasteiger partial charge in [-0.3, -0.25) is 9.34 Å². The average Bonchev–Trinajstić information content (AvgIpc) is 2.14. The van der Waals surface area contributed by atoms with Crippen molar-refractivity contribution in [2.24, 2.45) is 5.10 Å². The zero-order chi connectivity index (χ0) is 12.9. The van der Waals surface area contributed by atoms with Gasteiger partial charge in [0.25, 0.3) is 0 Å². The van der Waals surface area contributed by atoms with Gasteiger partial charge in [-0.15, -0.1) is 0 Å². The molecular formula is C10H23N4PS. The second-order valence-electron chi connectivity index (χ2n) is 4.16. The third-order valence-electron chi connectivity index (χ3n) is 2.16. The third kappa shape index (κ3) is 3.98. The molecular weight excluding hydrogens is 239 g/mol. The first-order chi connectivity index (χ1) is 7.22. The Balaban J connectivity index is 5.05. The molecule has 0 spiro atoms. The van der Waals surface area contributed by atoms with Crippen LogP contribution in [0.4, 0.5) is 0 Å². The number of nitrogens with zero attached hydrogens (tertiary/aromatic N) is 4. The van der Waals surface area contributed by atoms with Crippen molar-refractivity contribution in [1.82, 2.24) is 14.3 Å². The number of hydrazone groups is 1. The van der Waals surface area contributed by atoms with E-state index in [1.165, 1.54) is 5.31 Å². The van der Waals surface area contributed by atoms with Crippen molar-refractivity contribution in [3.8, 4) is 0 Å². The van der Waals surface area contributed by atoms with Crippen molar-refractivity contribution in [2.75, 3.05) is 42.3 Å². The maximum atomic E-state index is 5.77. The first-order valence-electron chi connectivity index (χ1n) is 5.07. The highest BCUT2D eigenvalue weighted by molar-refractivity contribution is 8.14. The Morgan fingerprint density at radius 1 is 1.06 bits per heavy atom. The van der Waals surface area contributed by atoms with Crippen LogP contribution in [-0.2, 0) is 11.8 Å². The summed E-state index contributed by atoms with van der Waals surface area (Å²) in [7, 11) is 11.9. The molecule has 0 radical (unpaired) electrons. The lowest BCUT2D eigenvalue weighted by Gasteiger charge is -2.35. The van der Waals surface area contributed by atoms with Crippen molar-refractivity contribution >= 4 is 24.4 Å². The lowest BCUT2D eigenvalue weighted by molar-refractivity contribution is 0.440. The smallest absolute Gasteiger partial charge is 0.101 e. The van der Waals surface area contributed by atoms with E-state index in [1.807, 2.05) is 48.4 Å². The lowest BCUT2D eigenvalue weighted by Crippen LogP contribution is -2.21. The Morgan fingerprint density at radius 3 is 1.81 bits per heavy atom. The summed E-state index contributed by atoms with van der Waals surface area (Å²) in [5.41, 5.74) is 0. The minimum absolute atomic E-state index is 1.18. The molecule has 0 unspecified atom stereocenters. The van der Waals surface area contributed by atoms with E-state index in [0.717, 1.165) is 0 Å². The minimum atomic E-state index is -1.76. The van der Waals surface area contributed by atoms with Gasteiger partial charge in [0.1, 0.15) is 6.34 Å². The van der Waals surface area contributed by atoms with Crippen LogP contribution >= 0.6 is 6.34 Å². The highest BCUT2D eigenvalue weighted by atomic mass is 32.4. The van der Waals surface area contributed by atoms with Crippen LogP contribution in [0.5, 0.6) is 0 Å². The highest BCUT2D eigenvalue weighted by Gasteiger charge is 2.24. The first kappa shape index (κ1) is 15.8. The Labute approximate surface area is 105 Å². The van der Waals surface area contributed by atoms with Gasteiger partial charge >= 0.3 is 0 Å². The molecule has 6 heteroatoms. The predicted octanol–water partition coefficient (Wildman–Crippen LogP) is 1.87. The second-order valence-corrected chi connectivity index (χ2v) is 9.08. The molecule has 4 nitrogen and oxygen atoms in total. The van der Waals surface area contributed by atoms with E-state index in [4.69, 9.17) is 11.8 Å². The van der Waals surface area contributed by atoms with Crippen LogP contribution in [-0.4, -0.2) is 62.9 Å². The quantitative estimate of drug-likeness (QED) is 0.428. The van der Waals surface area contributed by atoms with Crippen LogP contribution in [0.25, 0.3) is 0 Å². The van der Waals surface area contributed by atoms with Gasteiger partial charge in [-0.25, -0.2) is 0 Å². The van der Waals surface area contributed by atoms with Crippen molar-refractivity contribution in [1.29, 1.82) is 0 Å². The van der Waals surface area contributed by atoms with Gasteiger partial charge in [-0.05, 0) is 46.5 Å². The highest BCUT2D eigenvalue weighted by Crippen LogP contribution is 2.56. The normalized spacial score (nSPS) is 14.2. The fourth-order valence-corrected chi connectivity index (χ4v) is 3.78. The Bertz CT molecular complexity index is 309. The van der Waals surface area contributed by atoms with Gasteiger partial charge in [0.15, 0.2) is 0 Å². The molecule has 0 aromatic rings. The molecule has 0 aliphatic carbocycles. The van der Waals surface area contributed by atoms with E-state index in [2.05, 4.69) is 21.4 Å². The third-order valence-corrected chi connectivity index (χ3v) is 8.22. The van der Waals surface area contributed by atoms with Crippen LogP contribution in [0, 0.1) is 0 Å². The summed E-state index contributed by atoms with van der Waals surface area (Å²) in [6.07, 6.45) is 2.03. The molecule has 0 aliphatic heterocycles.